The van der Waals surface area contributed by atoms with Gasteiger partial charge < -0.3 is 11.0 Å². The van der Waals surface area contributed by atoms with Gasteiger partial charge in [-0.1, -0.05) is 0 Å². The van der Waals surface area contributed by atoms with Crippen LogP contribution >= 0.6 is 0 Å². The van der Waals surface area contributed by atoms with Crippen molar-refractivity contribution >= 4 is 0 Å². The van der Waals surface area contributed by atoms with Gasteiger partial charge in [0, 0.05) is 0 Å². The fourth-order valence-corrected chi connectivity index (χ4v) is 0. The summed E-state index contributed by atoms with van der Waals surface area (Å²) >= 11 is 0. The van der Waals surface area contributed by atoms with E-state index in [4.69, 9.17) is 0 Å². The minimum absolute atomic E-state index is 0. The van der Waals surface area contributed by atoms with Gasteiger partial charge in [-0.25, -0.2) is 0 Å². The van der Waals surface area contributed by atoms with E-state index < -0.39 is 0 Å². The summed E-state index contributed by atoms with van der Waals surface area (Å²) in [6, 6.07) is 0. The first kappa shape index (κ1) is 44.6. The van der Waals surface area contributed by atoms with Crippen LogP contribution in [0, 0.1) is 0 Å². The van der Waals surface area contributed by atoms with Crippen LogP contribution in [0.15, 0.2) is 0 Å². The molecule has 4 heteroatoms. The minimum atomic E-state index is 0. The van der Waals surface area contributed by atoms with E-state index in [2.05, 4.69) is 0 Å². The third kappa shape index (κ3) is 9.40. The van der Waals surface area contributed by atoms with Gasteiger partial charge in [0.2, 0.25) is 0 Å². The maximum absolute atomic E-state index is 0. The van der Waals surface area contributed by atoms with E-state index in [9.17, 15) is 0 Å². The SMILES string of the molecule is [Hf+4].[Hf+4].[O-2].[O-2]. The molecule has 0 aliphatic rings. The van der Waals surface area contributed by atoms with Crippen LogP contribution in [-0.4, -0.2) is 0 Å². The Morgan fingerprint density at radius 3 is 0.500 bits per heavy atom. The molecule has 16 valence electrons. The van der Waals surface area contributed by atoms with E-state index in [-0.39, 0.29) is 62.6 Å². The number of rotatable bonds is 0. The van der Waals surface area contributed by atoms with Gasteiger partial charge >= 0.3 is 51.7 Å². The summed E-state index contributed by atoms with van der Waals surface area (Å²) in [5, 5.41) is 0. The average Bonchev–Trinajstić information content (AvgIpc) is 0. The van der Waals surface area contributed by atoms with Crippen molar-refractivity contribution in [3.05, 3.63) is 0 Å². The Labute approximate surface area is 62.1 Å². The van der Waals surface area contributed by atoms with E-state index in [1.165, 1.54) is 0 Å². The Morgan fingerprint density at radius 2 is 0.500 bits per heavy atom. The first-order valence-corrected chi connectivity index (χ1v) is 0. The summed E-state index contributed by atoms with van der Waals surface area (Å²) in [5.74, 6) is 0. The van der Waals surface area contributed by atoms with E-state index >= 15 is 0 Å². The second-order valence-corrected chi connectivity index (χ2v) is 0. The maximum atomic E-state index is 0. The Morgan fingerprint density at radius 1 is 0.500 bits per heavy atom. The van der Waals surface area contributed by atoms with Gasteiger partial charge in [-0.2, -0.15) is 0 Å². The summed E-state index contributed by atoms with van der Waals surface area (Å²) in [7, 11) is 0. The van der Waals surface area contributed by atoms with Gasteiger partial charge in [-0.05, 0) is 0 Å². The Balaban J connectivity index is 0. The fourth-order valence-electron chi connectivity index (χ4n) is 0. The monoisotopic (exact) mass is 392 g/mol. The van der Waals surface area contributed by atoms with Crippen molar-refractivity contribution < 1.29 is 62.6 Å². The van der Waals surface area contributed by atoms with Crippen molar-refractivity contribution in [2.24, 2.45) is 0 Å². The first-order chi connectivity index (χ1) is 0. The third-order valence-electron chi connectivity index (χ3n) is 0. The van der Waals surface area contributed by atoms with Crippen molar-refractivity contribution in [1.29, 1.82) is 0 Å². The van der Waals surface area contributed by atoms with E-state index in [1.807, 2.05) is 0 Å². The standard InChI is InChI=1S/2Hf.2O/q2*+4;2*-2. The second-order valence-electron chi connectivity index (χ2n) is 0. The second kappa shape index (κ2) is 22.7. The van der Waals surface area contributed by atoms with Crippen LogP contribution in [0.1, 0.15) is 0 Å². The Hall–Kier alpha value is 1.66. The van der Waals surface area contributed by atoms with Gasteiger partial charge in [-0.3, -0.25) is 0 Å². The predicted molar refractivity (Wildman–Crippen MR) is 1.37 cm³/mol. The average molecular weight is 389 g/mol. The quantitative estimate of drug-likeness (QED) is 0.514. The normalized spacial score (nSPS) is 0. The Bertz CT molecular complexity index is 4.00. The summed E-state index contributed by atoms with van der Waals surface area (Å²) in [6.45, 7) is 0. The van der Waals surface area contributed by atoms with Crippen LogP contribution < -0.4 is 0 Å². The molecule has 0 rings (SSSR count). The topological polar surface area (TPSA) is 57.0 Å². The summed E-state index contributed by atoms with van der Waals surface area (Å²) in [4.78, 5) is 0. The molecule has 0 spiro atoms. The molecule has 0 aliphatic heterocycles. The minimum Gasteiger partial charge on any atom is -2.00 e. The molecule has 0 aromatic carbocycles. The summed E-state index contributed by atoms with van der Waals surface area (Å²) in [6.07, 6.45) is 0. The first-order valence-electron chi connectivity index (χ1n) is 0. The zero-order valence-corrected chi connectivity index (χ0v) is 9.00. The Kier molecular flexibility index (Phi) is 253. The van der Waals surface area contributed by atoms with Gasteiger partial charge in [0.25, 0.3) is 0 Å². The van der Waals surface area contributed by atoms with Crippen LogP contribution in [0.3, 0.4) is 0 Å². The largest absolute Gasteiger partial charge is 4.00 e. The molecule has 0 radical (unpaired) electrons. The van der Waals surface area contributed by atoms with Crippen molar-refractivity contribution in [1.82, 2.24) is 0 Å². The van der Waals surface area contributed by atoms with Crippen LogP contribution in [0.25, 0.3) is 0 Å². The third-order valence-corrected chi connectivity index (χ3v) is 0. The summed E-state index contributed by atoms with van der Waals surface area (Å²) < 4.78 is 0. The van der Waals surface area contributed by atoms with Crippen molar-refractivity contribution in [2.75, 3.05) is 0 Å². The molecule has 0 atom stereocenters. The zero-order valence-electron chi connectivity index (χ0n) is 1.82. The van der Waals surface area contributed by atoms with Gasteiger partial charge in [-0.15, -0.1) is 0 Å². The molecular weight excluding hydrogens is 389 g/mol. The zero-order chi connectivity index (χ0) is 0. The molecule has 0 aromatic rings. The smallest absolute Gasteiger partial charge is 2.00 e. The fraction of sp³-hybridized carbons (Fsp3) is 0. The van der Waals surface area contributed by atoms with E-state index in [0.29, 0.717) is 0 Å². The molecule has 4 heavy (non-hydrogen) atoms. The van der Waals surface area contributed by atoms with E-state index in [0.717, 1.165) is 0 Å². The molecule has 0 saturated carbocycles. The van der Waals surface area contributed by atoms with Crippen LogP contribution in [0.2, 0.25) is 0 Å². The number of hydrogen-bond donors (Lipinski definition) is 0. The maximum Gasteiger partial charge on any atom is 4.00 e. The molecule has 2 nitrogen and oxygen atoms in total. The van der Waals surface area contributed by atoms with Crippen molar-refractivity contribution in [3.63, 3.8) is 0 Å². The van der Waals surface area contributed by atoms with Crippen molar-refractivity contribution in [3.8, 4) is 0 Å². The molecule has 0 N–H and O–H groups in total. The van der Waals surface area contributed by atoms with Crippen molar-refractivity contribution in [2.45, 2.75) is 0 Å². The van der Waals surface area contributed by atoms with Crippen LogP contribution in [0.5, 0.6) is 0 Å². The molecule has 0 amide bonds. The molecular formula is Hf2O2+4. The summed E-state index contributed by atoms with van der Waals surface area (Å²) in [5.41, 5.74) is 0. The molecule has 0 saturated heterocycles. The molecule has 0 aromatic heterocycles. The molecule has 0 unspecified atom stereocenters. The molecule has 0 bridgehead atoms. The van der Waals surface area contributed by atoms with E-state index in [1.54, 1.807) is 0 Å². The van der Waals surface area contributed by atoms with Gasteiger partial charge in [0.15, 0.2) is 0 Å². The molecule has 0 fully saturated rings. The predicted octanol–water partition coefficient (Wildman–Crippen LogP) is -0.243. The molecule has 0 heterocycles. The van der Waals surface area contributed by atoms with Gasteiger partial charge in [0.1, 0.15) is 0 Å². The van der Waals surface area contributed by atoms with Crippen LogP contribution in [-0.2, 0) is 62.6 Å². The van der Waals surface area contributed by atoms with Crippen LogP contribution in [0.4, 0.5) is 0 Å². The molecule has 0 aliphatic carbocycles. The number of hydrogen-bond acceptors (Lipinski definition) is 0. The van der Waals surface area contributed by atoms with Gasteiger partial charge in [0.05, 0.1) is 0 Å².